The molecule has 0 N–H and O–H groups in total. The molecule has 0 heterocycles. The topological polar surface area (TPSA) is 88.1 Å². The van der Waals surface area contributed by atoms with E-state index in [1.54, 1.807) is 84.9 Å². The van der Waals surface area contributed by atoms with E-state index in [9.17, 15) is 13.2 Å². The van der Waals surface area contributed by atoms with Crippen LogP contribution in [0.5, 0.6) is 34.5 Å². The molecule has 0 spiro atoms. The third-order valence-electron chi connectivity index (χ3n) is 12.6. The van der Waals surface area contributed by atoms with Gasteiger partial charge in [0.15, 0.2) is 28.8 Å². The minimum atomic E-state index is -3.66. The second-order valence-corrected chi connectivity index (χ2v) is 23.7. The van der Waals surface area contributed by atoms with E-state index >= 15 is 0 Å². The summed E-state index contributed by atoms with van der Waals surface area (Å²) in [6.45, 7) is 11.9. The van der Waals surface area contributed by atoms with Gasteiger partial charge in [-0.25, -0.2) is 8.42 Å². The van der Waals surface area contributed by atoms with Gasteiger partial charge in [0.05, 0.1) is 64.2 Å². The van der Waals surface area contributed by atoms with Gasteiger partial charge in [-0.05, 0) is 145 Å². The summed E-state index contributed by atoms with van der Waals surface area (Å²) in [5.74, 6) is 2.24. The first kappa shape index (κ1) is 57.6. The van der Waals surface area contributed by atoms with Gasteiger partial charge in [0.25, 0.3) is 0 Å². The molecular weight excluding hydrogens is 1140 g/mol. The average Bonchev–Trinajstić information content (AvgIpc) is 3.36. The minimum absolute atomic E-state index is 0.0621. The largest absolute Gasteiger partial charge is 0.494 e. The van der Waals surface area contributed by atoms with Gasteiger partial charge in [0, 0.05) is 22.0 Å². The monoisotopic (exact) mass is 1180 g/mol. The molecule has 0 saturated carbocycles. The van der Waals surface area contributed by atoms with Gasteiger partial charge >= 0.3 is 0 Å². The van der Waals surface area contributed by atoms with Crippen LogP contribution in [0, 0.1) is 13.8 Å². The molecule has 0 bridgehead atoms. The number of hydrogen-bond donors (Lipinski definition) is 0. The smallest absolute Gasteiger partial charge is 0.206 e. The highest BCUT2D eigenvalue weighted by molar-refractivity contribution is 7.91. The van der Waals surface area contributed by atoms with Gasteiger partial charge in [-0.3, -0.25) is 4.79 Å². The van der Waals surface area contributed by atoms with Gasteiger partial charge in [0.1, 0.15) is 11.5 Å². The lowest BCUT2D eigenvalue weighted by molar-refractivity contribution is 0.103. The number of ether oxygens (including phenoxy) is 4. The maximum Gasteiger partial charge on any atom is 0.206 e. The van der Waals surface area contributed by atoms with E-state index < -0.39 is 20.7 Å². The van der Waals surface area contributed by atoms with Crippen molar-refractivity contribution in [2.75, 3.05) is 14.2 Å². The Morgan fingerprint density at radius 2 is 0.627 bits per heavy atom. The summed E-state index contributed by atoms with van der Waals surface area (Å²) in [5.41, 5.74) is 5.57. The first-order chi connectivity index (χ1) is 35.3. The van der Waals surface area contributed by atoms with Crippen molar-refractivity contribution in [1.82, 2.24) is 0 Å². The molecule has 0 atom stereocenters. The molecule has 0 unspecified atom stereocenters. The van der Waals surface area contributed by atoms with Crippen molar-refractivity contribution >= 4 is 108 Å². The zero-order valence-electron chi connectivity index (χ0n) is 41.6. The quantitative estimate of drug-likeness (QED) is 0.100. The van der Waals surface area contributed by atoms with Crippen LogP contribution >= 0.6 is 92.8 Å². The van der Waals surface area contributed by atoms with Gasteiger partial charge in [0.2, 0.25) is 9.84 Å². The average molecular weight is 1180 g/mol. The normalized spacial score (nSPS) is 11.6. The summed E-state index contributed by atoms with van der Waals surface area (Å²) in [6, 6.07) is 41.5. The van der Waals surface area contributed by atoms with Crippen molar-refractivity contribution in [2.24, 2.45) is 0 Å². The maximum atomic E-state index is 12.9. The Balaban J connectivity index is 0.000000219. The van der Waals surface area contributed by atoms with Crippen LogP contribution in [0.25, 0.3) is 0 Å². The van der Waals surface area contributed by atoms with Gasteiger partial charge < -0.3 is 18.9 Å². The third kappa shape index (κ3) is 12.9. The Hall–Kier alpha value is -5.10. The lowest BCUT2D eigenvalue weighted by atomic mass is 9.78. The first-order valence-electron chi connectivity index (χ1n) is 22.9. The number of rotatable bonds is 14. The number of methoxy groups -OCH3 is 2. The Morgan fingerprint density at radius 1 is 0.387 bits per heavy atom. The van der Waals surface area contributed by atoms with E-state index in [1.165, 1.54) is 26.4 Å². The van der Waals surface area contributed by atoms with E-state index in [1.807, 2.05) is 90.1 Å². The molecule has 0 aromatic heterocycles. The van der Waals surface area contributed by atoms with Crippen molar-refractivity contribution in [3.8, 4) is 34.5 Å². The predicted octanol–water partition coefficient (Wildman–Crippen LogP) is 19.5. The highest BCUT2D eigenvalue weighted by Crippen LogP contribution is 2.47. The minimum Gasteiger partial charge on any atom is -0.494 e. The van der Waals surface area contributed by atoms with Crippen LogP contribution in [0.2, 0.25) is 40.2 Å². The van der Waals surface area contributed by atoms with E-state index in [0.717, 1.165) is 33.4 Å². The molecule has 7 nitrogen and oxygen atoms in total. The predicted molar refractivity (Wildman–Crippen MR) is 307 cm³/mol. The molecule has 0 aliphatic carbocycles. The number of halogens is 8. The van der Waals surface area contributed by atoms with Crippen LogP contribution in [-0.2, 0) is 20.7 Å². The zero-order valence-corrected chi connectivity index (χ0v) is 48.5. The SMILES string of the molecule is COc1c(Cl)cc(C(C)(C)c2cc(Cl)c(Oc3ccc(C(=O)c4ccc(C)cc4)cc3)c(Cl)c2)cc1Cl.COc1c(Cl)cc(C(C)(C)c2cc(Cl)c(Oc3ccc(S(=O)(=O)c4ccc(C)cc4)cc3)c(Cl)c2)cc1Cl. The molecule has 0 amide bonds. The number of hydrogen-bond acceptors (Lipinski definition) is 7. The standard InChI is InChI=1S/C30H24Cl4O3.C29H24Cl4O4S/c1-17-5-7-18(8-6-17)27(35)19-9-11-22(12-10-19)37-29-25(33)15-21(16-26(29)34)30(2,3)20-13-23(31)28(36-4)24(32)14-20;1-17-5-9-21(10-6-17)38(34,35)22-11-7-20(8-12-22)37-28-25(32)15-19(16-26(28)33)29(2,3)18-13-23(30)27(36-4)24(31)14-18/h5-16H,1-4H3;5-16H,1-4H3. The van der Waals surface area contributed by atoms with E-state index in [2.05, 4.69) is 0 Å². The van der Waals surface area contributed by atoms with Crippen LogP contribution < -0.4 is 18.9 Å². The fourth-order valence-corrected chi connectivity index (χ4v) is 11.6. The molecule has 388 valence electrons. The number of benzene rings is 8. The summed E-state index contributed by atoms with van der Waals surface area (Å²) in [6.07, 6.45) is 0. The van der Waals surface area contributed by atoms with Crippen molar-refractivity contribution in [1.29, 1.82) is 0 Å². The van der Waals surface area contributed by atoms with Gasteiger partial charge in [-0.2, -0.15) is 0 Å². The summed E-state index contributed by atoms with van der Waals surface area (Å²) >= 11 is 52.0. The number of aryl methyl sites for hydroxylation is 2. The first-order valence-corrected chi connectivity index (χ1v) is 27.4. The lowest BCUT2D eigenvalue weighted by Crippen LogP contribution is -2.19. The van der Waals surface area contributed by atoms with Gasteiger partial charge in [-0.1, -0.05) is 168 Å². The number of carbonyl (C=O) groups is 1. The second-order valence-electron chi connectivity index (χ2n) is 18.4. The van der Waals surface area contributed by atoms with Crippen LogP contribution in [0.3, 0.4) is 0 Å². The molecule has 8 aromatic rings. The molecule has 16 heteroatoms. The third-order valence-corrected chi connectivity index (χ3v) is 16.7. The van der Waals surface area contributed by atoms with Crippen LogP contribution in [-0.4, -0.2) is 28.4 Å². The molecule has 0 aliphatic heterocycles. The fourth-order valence-electron chi connectivity index (χ4n) is 7.92. The summed E-state index contributed by atoms with van der Waals surface area (Å²) in [4.78, 5) is 13.1. The van der Waals surface area contributed by atoms with Crippen molar-refractivity contribution in [3.63, 3.8) is 0 Å². The highest BCUT2D eigenvalue weighted by atomic mass is 35.5. The maximum absolute atomic E-state index is 12.9. The van der Waals surface area contributed by atoms with Crippen LogP contribution in [0.15, 0.2) is 155 Å². The number of carbonyl (C=O) groups excluding carboxylic acids is 1. The van der Waals surface area contributed by atoms with Crippen LogP contribution in [0.1, 0.15) is 77.0 Å². The highest BCUT2D eigenvalue weighted by Gasteiger charge is 2.30. The summed E-state index contributed by atoms with van der Waals surface area (Å²) < 4.78 is 48.4. The van der Waals surface area contributed by atoms with Crippen LogP contribution in [0.4, 0.5) is 0 Å². The Labute approximate surface area is 478 Å². The molecule has 8 aromatic carbocycles. The zero-order chi connectivity index (χ0) is 54.7. The van der Waals surface area contributed by atoms with E-state index in [0.29, 0.717) is 80.1 Å². The van der Waals surface area contributed by atoms with Crippen molar-refractivity contribution < 1.29 is 32.2 Å². The molecule has 75 heavy (non-hydrogen) atoms. The van der Waals surface area contributed by atoms with Crippen molar-refractivity contribution in [2.45, 2.75) is 62.2 Å². The molecule has 0 aliphatic rings. The van der Waals surface area contributed by atoms with Gasteiger partial charge in [-0.15, -0.1) is 0 Å². The second kappa shape index (κ2) is 23.6. The lowest BCUT2D eigenvalue weighted by Gasteiger charge is -2.28. The molecule has 0 fully saturated rings. The summed E-state index contributed by atoms with van der Waals surface area (Å²) in [7, 11) is -0.629. The molecule has 8 rings (SSSR count). The Kier molecular flexibility index (Phi) is 18.2. The Morgan fingerprint density at radius 3 is 0.920 bits per heavy atom. The van der Waals surface area contributed by atoms with Crippen molar-refractivity contribution in [3.05, 3.63) is 230 Å². The fraction of sp³-hybridized carbons (Fsp3) is 0.169. The number of ketones is 1. The molecule has 0 radical (unpaired) electrons. The number of sulfone groups is 1. The molecule has 0 saturated heterocycles. The van der Waals surface area contributed by atoms with E-state index in [4.69, 9.17) is 112 Å². The van der Waals surface area contributed by atoms with E-state index in [-0.39, 0.29) is 21.3 Å². The molecular formula is C59H48Cl8O7S. The summed E-state index contributed by atoms with van der Waals surface area (Å²) in [5, 5.41) is 2.91. The Bertz CT molecular complexity index is 3440.